The van der Waals surface area contributed by atoms with Crippen molar-refractivity contribution in [1.29, 1.82) is 5.26 Å². The molecule has 0 radical (unpaired) electrons. The average molecular weight is 653 g/mol. The number of aliphatic hydroxyl groups excluding tert-OH is 1. The predicted octanol–water partition coefficient (Wildman–Crippen LogP) is 5.04. The van der Waals surface area contributed by atoms with Crippen LogP contribution in [0.4, 0.5) is 13.2 Å². The lowest BCUT2D eigenvalue weighted by atomic mass is 9.89. The number of benzene rings is 2. The Morgan fingerprint density at radius 2 is 1.83 bits per heavy atom. The van der Waals surface area contributed by atoms with Crippen molar-refractivity contribution in [1.82, 2.24) is 24.9 Å². The number of likely N-dealkylation sites (tertiary alicyclic amines) is 2. The van der Waals surface area contributed by atoms with Crippen LogP contribution in [0, 0.1) is 11.3 Å². The summed E-state index contributed by atoms with van der Waals surface area (Å²) in [6.07, 6.45) is -0.694. The molecule has 1 atom stereocenters. The summed E-state index contributed by atoms with van der Waals surface area (Å²) in [5.74, 6) is 0.246. The zero-order valence-electron chi connectivity index (χ0n) is 25.7. The molecule has 0 saturated carbocycles. The number of nitrogens with zero attached hydrogens (tertiary/aromatic N) is 5. The Bertz CT molecular complexity index is 1570. The third-order valence-electron chi connectivity index (χ3n) is 9.33. The summed E-state index contributed by atoms with van der Waals surface area (Å²) in [6.45, 7) is 5.14. The quantitative estimate of drug-likeness (QED) is 0.313. The highest BCUT2D eigenvalue weighted by Crippen LogP contribution is 2.40. The zero-order valence-corrected chi connectivity index (χ0v) is 26.5. The topological polar surface area (TPSA) is 97.4 Å². The second-order valence-electron chi connectivity index (χ2n) is 12.4. The minimum atomic E-state index is -4.54. The van der Waals surface area contributed by atoms with E-state index in [1.54, 1.807) is 4.90 Å². The molecule has 8 nitrogen and oxygen atoms in total. The van der Waals surface area contributed by atoms with Gasteiger partial charge in [-0.3, -0.25) is 9.48 Å². The molecule has 1 unspecified atom stereocenters. The van der Waals surface area contributed by atoms with E-state index in [9.17, 15) is 23.1 Å². The van der Waals surface area contributed by atoms with Gasteiger partial charge in [-0.15, -0.1) is 11.8 Å². The number of rotatable bonds is 9. The molecule has 2 N–H and O–H groups in total. The molecule has 2 saturated heterocycles. The van der Waals surface area contributed by atoms with Gasteiger partial charge in [0.1, 0.15) is 0 Å². The fourth-order valence-corrected chi connectivity index (χ4v) is 7.87. The van der Waals surface area contributed by atoms with Gasteiger partial charge in [-0.05, 0) is 74.5 Å². The fraction of sp³-hybridized carbons (Fsp3) is 0.500. The third-order valence-corrected chi connectivity index (χ3v) is 10.4. The molecule has 6 rings (SSSR count). The predicted molar refractivity (Wildman–Crippen MR) is 170 cm³/mol. The molecule has 0 spiro atoms. The van der Waals surface area contributed by atoms with Crippen LogP contribution in [0.15, 0.2) is 47.4 Å². The van der Waals surface area contributed by atoms with Gasteiger partial charge in [-0.25, -0.2) is 0 Å². The molecule has 1 amide bonds. The summed E-state index contributed by atoms with van der Waals surface area (Å²) in [7, 11) is 0. The van der Waals surface area contributed by atoms with E-state index in [1.807, 2.05) is 28.9 Å². The number of carbonyl (C=O) groups is 1. The van der Waals surface area contributed by atoms with Crippen LogP contribution in [0.25, 0.3) is 11.3 Å². The van der Waals surface area contributed by atoms with Crippen LogP contribution in [0.1, 0.15) is 59.5 Å². The number of halogens is 3. The molecular weight excluding hydrogens is 613 g/mol. The van der Waals surface area contributed by atoms with Crippen LogP contribution in [0.5, 0.6) is 0 Å². The summed E-state index contributed by atoms with van der Waals surface area (Å²) in [4.78, 5) is 16.7. The van der Waals surface area contributed by atoms with Crippen LogP contribution in [-0.4, -0.2) is 81.7 Å². The monoisotopic (exact) mass is 652 g/mol. The second kappa shape index (κ2) is 14.2. The lowest BCUT2D eigenvalue weighted by molar-refractivity contribution is -0.139. The average Bonchev–Trinajstić information content (AvgIpc) is 3.73. The number of thioether (sulfide) groups is 1. The van der Waals surface area contributed by atoms with E-state index in [-0.39, 0.29) is 16.6 Å². The molecule has 46 heavy (non-hydrogen) atoms. The number of carbonyl (C=O) groups excluding carboxylic acids is 1. The SMILES string of the molecule is N#Cc1ccc(C2CCN(CC(O)Cn3nc(-c4ccc(C(F)(F)F)c(SCC(=O)N5CCCC5)c4)c4c3CCNC4)CC2)cc1. The number of hydrogen-bond acceptors (Lipinski definition) is 7. The van der Waals surface area contributed by atoms with Gasteiger partial charge in [0.25, 0.3) is 0 Å². The second-order valence-corrected chi connectivity index (χ2v) is 13.4. The first-order chi connectivity index (χ1) is 22.2. The fourth-order valence-electron chi connectivity index (χ4n) is 6.86. The number of piperidine rings is 1. The van der Waals surface area contributed by atoms with Crippen LogP contribution < -0.4 is 5.32 Å². The van der Waals surface area contributed by atoms with Crippen LogP contribution in [0.2, 0.25) is 0 Å². The minimum Gasteiger partial charge on any atom is -0.390 e. The molecule has 3 aliphatic heterocycles. The molecule has 1 aromatic heterocycles. The maximum absolute atomic E-state index is 14.0. The molecule has 0 bridgehead atoms. The molecule has 3 aromatic rings. The molecule has 2 fully saturated rings. The number of nitriles is 1. The first-order valence-corrected chi connectivity index (χ1v) is 17.0. The summed E-state index contributed by atoms with van der Waals surface area (Å²) < 4.78 is 43.8. The van der Waals surface area contributed by atoms with Crippen molar-refractivity contribution in [2.75, 3.05) is 45.0 Å². The zero-order chi connectivity index (χ0) is 32.3. The highest BCUT2D eigenvalue weighted by atomic mass is 32.2. The van der Waals surface area contributed by atoms with Crippen molar-refractivity contribution in [3.8, 4) is 17.3 Å². The maximum Gasteiger partial charge on any atom is 0.417 e. The Kier molecular flexibility index (Phi) is 10.0. The van der Waals surface area contributed by atoms with E-state index in [1.165, 1.54) is 17.7 Å². The highest BCUT2D eigenvalue weighted by molar-refractivity contribution is 8.00. The summed E-state index contributed by atoms with van der Waals surface area (Å²) in [6, 6.07) is 14.0. The Balaban J connectivity index is 1.15. The number of hydrogen-bond donors (Lipinski definition) is 2. The lowest BCUT2D eigenvalue weighted by Crippen LogP contribution is -2.40. The standard InChI is InChI=1S/C34H39F3N6O2S/c35-34(36,37)29-8-7-26(17-31(29)46-22-32(45)42-13-1-2-14-42)33-28-19-39-12-9-30(28)43(40-33)21-27(44)20-41-15-10-25(11-16-41)24-5-3-23(18-38)4-6-24/h3-8,17,25,27,39,44H,1-2,9-16,19-22H2. The number of β-amino-alcohol motifs (C(OH)–C–C–N with tert-alkyl or cyclic N) is 1. The van der Waals surface area contributed by atoms with Gasteiger partial charge in [-0.2, -0.15) is 23.5 Å². The number of nitrogens with one attached hydrogen (secondary N) is 1. The van der Waals surface area contributed by atoms with Crippen molar-refractivity contribution in [3.63, 3.8) is 0 Å². The van der Waals surface area contributed by atoms with E-state index in [0.717, 1.165) is 74.4 Å². The van der Waals surface area contributed by atoms with Crippen molar-refractivity contribution < 1.29 is 23.1 Å². The molecule has 0 aliphatic carbocycles. The van der Waals surface area contributed by atoms with E-state index < -0.39 is 17.8 Å². The Hall–Kier alpha value is -3.37. The van der Waals surface area contributed by atoms with Crippen molar-refractivity contribution in [3.05, 3.63) is 70.4 Å². The summed E-state index contributed by atoms with van der Waals surface area (Å²) in [5.41, 5.74) is 4.26. The molecule has 244 valence electrons. The van der Waals surface area contributed by atoms with Gasteiger partial charge in [0.2, 0.25) is 5.91 Å². The third kappa shape index (κ3) is 7.44. The van der Waals surface area contributed by atoms with Crippen LogP contribution in [-0.2, 0) is 30.5 Å². The Labute approximate surface area is 271 Å². The molecule has 3 aliphatic rings. The van der Waals surface area contributed by atoms with E-state index in [2.05, 4.69) is 16.3 Å². The van der Waals surface area contributed by atoms with E-state index in [4.69, 9.17) is 10.4 Å². The highest BCUT2D eigenvalue weighted by Gasteiger charge is 2.35. The first kappa shape index (κ1) is 32.6. The van der Waals surface area contributed by atoms with Gasteiger partial charge < -0.3 is 20.2 Å². The summed E-state index contributed by atoms with van der Waals surface area (Å²) >= 11 is 0.932. The lowest BCUT2D eigenvalue weighted by Gasteiger charge is -2.33. The molecule has 12 heteroatoms. The normalized spacial score (nSPS) is 18.4. The molecular formula is C34H39F3N6O2S. The largest absolute Gasteiger partial charge is 0.417 e. The molecule has 4 heterocycles. The van der Waals surface area contributed by atoms with Crippen molar-refractivity contribution in [2.45, 2.75) is 68.3 Å². The number of fused-ring (bicyclic) bond motifs is 1. The number of aliphatic hydroxyl groups is 1. The van der Waals surface area contributed by atoms with E-state index in [0.29, 0.717) is 61.9 Å². The van der Waals surface area contributed by atoms with Gasteiger partial charge in [-0.1, -0.05) is 18.2 Å². The minimum absolute atomic E-state index is 0.0223. The number of amides is 1. The smallest absolute Gasteiger partial charge is 0.390 e. The number of aromatic nitrogens is 2. The van der Waals surface area contributed by atoms with Crippen molar-refractivity contribution in [2.24, 2.45) is 0 Å². The van der Waals surface area contributed by atoms with Crippen LogP contribution in [0.3, 0.4) is 0 Å². The molecule has 2 aromatic carbocycles. The number of alkyl halides is 3. The van der Waals surface area contributed by atoms with Gasteiger partial charge in [0.15, 0.2) is 0 Å². The Morgan fingerprint density at radius 1 is 1.09 bits per heavy atom. The van der Waals surface area contributed by atoms with Gasteiger partial charge in [0.05, 0.1) is 41.3 Å². The first-order valence-electron chi connectivity index (χ1n) is 16.0. The van der Waals surface area contributed by atoms with Crippen LogP contribution >= 0.6 is 11.8 Å². The van der Waals surface area contributed by atoms with Crippen molar-refractivity contribution >= 4 is 17.7 Å². The van der Waals surface area contributed by atoms with E-state index >= 15 is 0 Å². The van der Waals surface area contributed by atoms with Gasteiger partial charge >= 0.3 is 6.18 Å². The summed E-state index contributed by atoms with van der Waals surface area (Å²) in [5, 5.41) is 28.4. The van der Waals surface area contributed by atoms with Gasteiger partial charge in [0, 0.05) is 60.9 Å². The maximum atomic E-state index is 14.0. The Morgan fingerprint density at radius 3 is 2.52 bits per heavy atom.